The number of halogens is 1. The molecule has 0 bridgehead atoms. The molecule has 0 radical (unpaired) electrons. The fourth-order valence-corrected chi connectivity index (χ4v) is 5.13. The summed E-state index contributed by atoms with van der Waals surface area (Å²) < 4.78 is 1.63. The first-order valence-electron chi connectivity index (χ1n) is 5.85. The topological polar surface area (TPSA) is 0 Å². The molecule has 2 aliphatic rings. The molecule has 2 unspecified atom stereocenters. The van der Waals surface area contributed by atoms with Gasteiger partial charge < -0.3 is 0 Å². The molecule has 0 aliphatic heterocycles. The van der Waals surface area contributed by atoms with Crippen molar-refractivity contribution in [2.75, 3.05) is 0 Å². The zero-order valence-electron chi connectivity index (χ0n) is 9.94. The Morgan fingerprint density at radius 1 is 0.938 bits per heavy atom. The summed E-state index contributed by atoms with van der Waals surface area (Å²) in [6, 6.07) is 0. The molecule has 0 aromatic heterocycles. The van der Waals surface area contributed by atoms with Crippen molar-refractivity contribution in [1.82, 2.24) is 0 Å². The van der Waals surface area contributed by atoms with Gasteiger partial charge in [-0.1, -0.05) is 0 Å². The van der Waals surface area contributed by atoms with Crippen molar-refractivity contribution in [2.45, 2.75) is 35.1 Å². The largest absolute Gasteiger partial charge is 0.147 e. The fourth-order valence-electron chi connectivity index (χ4n) is 2.23. The minimum absolute atomic E-state index is 0. The average molecular weight is 271 g/mol. The summed E-state index contributed by atoms with van der Waals surface area (Å²) in [6.07, 6.45) is 16.4. The van der Waals surface area contributed by atoms with Crippen molar-refractivity contribution in [3.8, 4) is 0 Å². The Bertz CT molecular complexity index is 316. The molecule has 2 atom stereocenters. The van der Waals surface area contributed by atoms with Crippen molar-refractivity contribution in [2.24, 2.45) is 0 Å². The van der Waals surface area contributed by atoms with Gasteiger partial charge in [0.1, 0.15) is 0 Å². The Morgan fingerprint density at radius 3 is 1.75 bits per heavy atom. The van der Waals surface area contributed by atoms with E-state index >= 15 is 0 Å². The van der Waals surface area contributed by atoms with Gasteiger partial charge in [0.05, 0.1) is 0 Å². The average Bonchev–Trinajstić information content (AvgIpc) is 2.87. The predicted molar refractivity (Wildman–Crippen MR) is 69.8 cm³/mol. The molecule has 0 fully saturated rings. The fraction of sp³-hybridized carbons (Fsp3) is 0.429. The maximum absolute atomic E-state index is 2.41. The molecule has 0 saturated heterocycles. The minimum atomic E-state index is 0. The summed E-state index contributed by atoms with van der Waals surface area (Å²) in [4.78, 5) is 0. The van der Waals surface area contributed by atoms with Crippen molar-refractivity contribution >= 4 is 12.4 Å². The number of rotatable bonds is 4. The molecular formula is C14H19ClTi. The molecule has 2 heteroatoms. The summed E-state index contributed by atoms with van der Waals surface area (Å²) in [5, 5.41) is 0. The molecule has 0 aromatic rings. The summed E-state index contributed by atoms with van der Waals surface area (Å²) >= 11 is 0.0705. The van der Waals surface area contributed by atoms with Gasteiger partial charge in [-0.15, -0.1) is 12.4 Å². The SMILES string of the molecule is CCC1=CC=C[CH]1[Ti][CH]1C=CC=C1CC.Cl. The van der Waals surface area contributed by atoms with Crippen LogP contribution in [0.4, 0.5) is 0 Å². The second kappa shape index (κ2) is 6.64. The standard InChI is InChI=1S/2C7H9.ClH.Ti/c2*1-2-7-5-3-4-6-7;;/h2*3-6H,2H2,1H3;1H;. The van der Waals surface area contributed by atoms with Gasteiger partial charge in [0, 0.05) is 0 Å². The van der Waals surface area contributed by atoms with Crippen LogP contribution in [0.15, 0.2) is 47.6 Å². The summed E-state index contributed by atoms with van der Waals surface area (Å²) in [5.41, 5.74) is 3.32. The van der Waals surface area contributed by atoms with E-state index in [2.05, 4.69) is 50.3 Å². The molecule has 0 nitrogen and oxygen atoms in total. The Balaban J connectivity index is 0.00000128. The first-order chi connectivity index (χ1) is 7.35. The van der Waals surface area contributed by atoms with Crippen LogP contribution in [0.3, 0.4) is 0 Å². The molecule has 0 amide bonds. The van der Waals surface area contributed by atoms with Crippen LogP contribution < -0.4 is 0 Å². The molecule has 0 aromatic carbocycles. The van der Waals surface area contributed by atoms with Gasteiger partial charge in [-0.25, -0.2) is 0 Å². The zero-order chi connectivity index (χ0) is 10.7. The van der Waals surface area contributed by atoms with Gasteiger partial charge in [-0.2, -0.15) is 0 Å². The number of allylic oxidation sites excluding steroid dienone is 8. The van der Waals surface area contributed by atoms with E-state index in [4.69, 9.17) is 0 Å². The zero-order valence-corrected chi connectivity index (χ0v) is 12.3. The summed E-state index contributed by atoms with van der Waals surface area (Å²) in [7, 11) is 0. The van der Waals surface area contributed by atoms with Crippen LogP contribution >= 0.6 is 12.4 Å². The Labute approximate surface area is 114 Å². The van der Waals surface area contributed by atoms with Crippen LogP contribution in [-0.2, 0) is 19.2 Å². The normalized spacial score (nSPS) is 26.4. The molecule has 16 heavy (non-hydrogen) atoms. The van der Waals surface area contributed by atoms with Crippen LogP contribution in [0.25, 0.3) is 0 Å². The molecule has 2 rings (SSSR count). The monoisotopic (exact) mass is 270 g/mol. The predicted octanol–water partition coefficient (Wildman–Crippen LogP) is 4.88. The van der Waals surface area contributed by atoms with Gasteiger partial charge in [0.25, 0.3) is 0 Å². The van der Waals surface area contributed by atoms with Crippen molar-refractivity contribution in [3.05, 3.63) is 47.6 Å². The van der Waals surface area contributed by atoms with E-state index in [0.717, 1.165) is 8.45 Å². The van der Waals surface area contributed by atoms with Gasteiger partial charge in [-0.05, 0) is 0 Å². The van der Waals surface area contributed by atoms with E-state index in [1.807, 2.05) is 0 Å². The molecule has 0 heterocycles. The van der Waals surface area contributed by atoms with Gasteiger partial charge in [0.2, 0.25) is 0 Å². The number of hydrogen-bond donors (Lipinski definition) is 0. The summed E-state index contributed by atoms with van der Waals surface area (Å²) in [5.74, 6) is 0. The van der Waals surface area contributed by atoms with E-state index in [1.165, 1.54) is 12.8 Å². The van der Waals surface area contributed by atoms with Gasteiger partial charge in [-0.3, -0.25) is 0 Å². The van der Waals surface area contributed by atoms with E-state index in [0.29, 0.717) is 0 Å². The van der Waals surface area contributed by atoms with Crippen LogP contribution in [0.1, 0.15) is 26.7 Å². The van der Waals surface area contributed by atoms with E-state index < -0.39 is 0 Å². The molecule has 0 saturated carbocycles. The minimum Gasteiger partial charge on any atom is -0.147 e. The molecule has 0 N–H and O–H groups in total. The molecule has 0 spiro atoms. The Kier molecular flexibility index (Phi) is 5.82. The maximum Gasteiger partial charge on any atom is -0.147 e. The molecular weight excluding hydrogens is 251 g/mol. The van der Waals surface area contributed by atoms with Crippen LogP contribution in [0.2, 0.25) is 8.45 Å². The third-order valence-electron chi connectivity index (χ3n) is 3.20. The maximum atomic E-state index is 2.41. The second-order valence-electron chi connectivity index (χ2n) is 4.08. The summed E-state index contributed by atoms with van der Waals surface area (Å²) in [6.45, 7) is 4.55. The quantitative estimate of drug-likeness (QED) is 0.639. The second-order valence-corrected chi connectivity index (χ2v) is 6.55. The Morgan fingerprint density at radius 2 is 1.38 bits per heavy atom. The van der Waals surface area contributed by atoms with Crippen LogP contribution in [0.5, 0.6) is 0 Å². The molecule has 2 aliphatic carbocycles. The van der Waals surface area contributed by atoms with E-state index in [9.17, 15) is 0 Å². The first kappa shape index (κ1) is 14.0. The van der Waals surface area contributed by atoms with Crippen molar-refractivity contribution in [1.29, 1.82) is 0 Å². The van der Waals surface area contributed by atoms with Gasteiger partial charge in [0.15, 0.2) is 0 Å². The van der Waals surface area contributed by atoms with E-state index in [-0.39, 0.29) is 31.6 Å². The van der Waals surface area contributed by atoms with E-state index in [1.54, 1.807) is 11.1 Å². The third-order valence-corrected chi connectivity index (χ3v) is 6.08. The van der Waals surface area contributed by atoms with Crippen LogP contribution in [0, 0.1) is 0 Å². The first-order valence-corrected chi connectivity index (χ1v) is 7.66. The van der Waals surface area contributed by atoms with Crippen LogP contribution in [-0.4, -0.2) is 0 Å². The Hall–Kier alpha value is -0.0357. The third kappa shape index (κ3) is 3.00. The molecule has 86 valence electrons. The van der Waals surface area contributed by atoms with Crippen molar-refractivity contribution < 1.29 is 19.2 Å². The smallest absolute Gasteiger partial charge is 0.147 e. The van der Waals surface area contributed by atoms with Gasteiger partial charge >= 0.3 is 102 Å². The number of hydrogen-bond acceptors (Lipinski definition) is 0. The van der Waals surface area contributed by atoms with Crippen molar-refractivity contribution in [3.63, 3.8) is 0 Å².